The minimum atomic E-state index is 0. The smallest absolute Gasteiger partial charge is 0.145 e. The Labute approximate surface area is 168 Å². The van der Waals surface area contributed by atoms with Crippen LogP contribution in [0.1, 0.15) is 39.5 Å². The average molecular weight is 397 g/mol. The zero-order valence-corrected chi connectivity index (χ0v) is 17.2. The largest absolute Gasteiger partial charge is 1.00 e. The Hall–Kier alpha value is -1.66. The Morgan fingerprint density at radius 3 is 2.52 bits per heavy atom. The monoisotopic (exact) mass is 396 g/mol. The molecule has 7 heteroatoms. The maximum absolute atomic E-state index is 5.96. The fourth-order valence-corrected chi connectivity index (χ4v) is 3.38. The number of rotatable bonds is 6. The predicted molar refractivity (Wildman–Crippen MR) is 106 cm³/mol. The third kappa shape index (κ3) is 5.91. The van der Waals surface area contributed by atoms with E-state index in [0.29, 0.717) is 13.2 Å². The first-order chi connectivity index (χ1) is 12.8. The van der Waals surface area contributed by atoms with E-state index < -0.39 is 0 Å². The molecule has 0 spiro atoms. The van der Waals surface area contributed by atoms with Crippen LogP contribution in [0.2, 0.25) is 0 Å². The standard InChI is InChI=1S/C20H31N3O3.ClH/c1-3-25-18-15-17(23-10-12-24-13-11-23)19(26-4-2)14-16(18)22-20-8-6-5-7-9-21-20;/h14-15H,3-13H2,1-2H3,(H,21,22);1H/p-1. The molecule has 0 atom stereocenters. The van der Waals surface area contributed by atoms with Gasteiger partial charge >= 0.3 is 0 Å². The molecule has 0 radical (unpaired) electrons. The number of aliphatic imine (C=N–C) groups is 1. The van der Waals surface area contributed by atoms with Gasteiger partial charge in [-0.15, -0.1) is 0 Å². The van der Waals surface area contributed by atoms with Crippen LogP contribution in [0.3, 0.4) is 0 Å². The van der Waals surface area contributed by atoms with Gasteiger partial charge in [0.2, 0.25) is 0 Å². The normalized spacial score (nSPS) is 17.4. The summed E-state index contributed by atoms with van der Waals surface area (Å²) in [5.41, 5.74) is 2.01. The second kappa shape index (κ2) is 11.2. The van der Waals surface area contributed by atoms with Crippen LogP contribution in [0.25, 0.3) is 0 Å². The summed E-state index contributed by atoms with van der Waals surface area (Å²) < 4.78 is 17.4. The molecule has 0 amide bonds. The van der Waals surface area contributed by atoms with Gasteiger partial charge in [-0.2, -0.15) is 0 Å². The molecule has 1 N–H and O–H groups in total. The lowest BCUT2D eigenvalue weighted by atomic mass is 10.1. The number of hydrogen-bond donors (Lipinski definition) is 1. The lowest BCUT2D eigenvalue weighted by Gasteiger charge is -2.31. The molecule has 1 aromatic carbocycles. The van der Waals surface area contributed by atoms with Crippen molar-refractivity contribution in [1.82, 2.24) is 0 Å². The summed E-state index contributed by atoms with van der Waals surface area (Å²) >= 11 is 0. The predicted octanol–water partition coefficient (Wildman–Crippen LogP) is 0.709. The van der Waals surface area contributed by atoms with Gasteiger partial charge in [-0.25, -0.2) is 0 Å². The molecule has 0 aromatic heterocycles. The van der Waals surface area contributed by atoms with Crippen LogP contribution in [-0.4, -0.2) is 51.9 Å². The third-order valence-corrected chi connectivity index (χ3v) is 4.67. The lowest BCUT2D eigenvalue weighted by Crippen LogP contribution is -3.00. The molecular formula is C20H31ClN3O3-. The molecule has 2 aliphatic rings. The number of benzene rings is 1. The van der Waals surface area contributed by atoms with E-state index in [2.05, 4.69) is 27.3 Å². The Bertz CT molecular complexity index is 619. The minimum absolute atomic E-state index is 0. The molecule has 6 nitrogen and oxygen atoms in total. The number of halogens is 1. The molecule has 0 saturated carbocycles. The van der Waals surface area contributed by atoms with Gasteiger partial charge < -0.3 is 36.8 Å². The van der Waals surface area contributed by atoms with Crippen LogP contribution in [0.5, 0.6) is 11.5 Å². The second-order valence-corrected chi connectivity index (χ2v) is 6.55. The number of ether oxygens (including phenoxy) is 3. The van der Waals surface area contributed by atoms with Crippen molar-refractivity contribution in [2.45, 2.75) is 39.5 Å². The number of morpholine rings is 1. The zero-order chi connectivity index (χ0) is 18.2. The van der Waals surface area contributed by atoms with Crippen LogP contribution in [0, 0.1) is 0 Å². The van der Waals surface area contributed by atoms with Crippen LogP contribution in [0.15, 0.2) is 17.1 Å². The maximum atomic E-state index is 5.96. The van der Waals surface area contributed by atoms with Crippen LogP contribution in [-0.2, 0) is 4.74 Å². The van der Waals surface area contributed by atoms with Gasteiger partial charge in [0, 0.05) is 38.2 Å². The van der Waals surface area contributed by atoms with E-state index >= 15 is 0 Å². The van der Waals surface area contributed by atoms with Gasteiger partial charge in [0.15, 0.2) is 0 Å². The molecule has 0 unspecified atom stereocenters. The number of amidine groups is 1. The third-order valence-electron chi connectivity index (χ3n) is 4.67. The first-order valence-electron chi connectivity index (χ1n) is 9.88. The van der Waals surface area contributed by atoms with E-state index in [9.17, 15) is 0 Å². The fraction of sp³-hybridized carbons (Fsp3) is 0.650. The molecule has 0 aliphatic carbocycles. The number of anilines is 2. The quantitative estimate of drug-likeness (QED) is 0.767. The molecule has 2 aliphatic heterocycles. The van der Waals surface area contributed by atoms with E-state index in [1.54, 1.807) is 0 Å². The average Bonchev–Trinajstić information content (AvgIpc) is 2.93. The van der Waals surface area contributed by atoms with Gasteiger partial charge in [-0.05, 0) is 26.7 Å². The van der Waals surface area contributed by atoms with Crippen molar-refractivity contribution >= 4 is 17.2 Å². The van der Waals surface area contributed by atoms with E-state index in [4.69, 9.17) is 14.2 Å². The highest BCUT2D eigenvalue weighted by atomic mass is 35.5. The first kappa shape index (κ1) is 21.6. The number of nitrogens with zero attached hydrogens (tertiary/aromatic N) is 2. The van der Waals surface area contributed by atoms with E-state index in [-0.39, 0.29) is 12.4 Å². The van der Waals surface area contributed by atoms with Crippen molar-refractivity contribution in [2.24, 2.45) is 4.99 Å². The molecule has 3 rings (SSSR count). The van der Waals surface area contributed by atoms with Gasteiger partial charge in [0.1, 0.15) is 17.3 Å². The zero-order valence-electron chi connectivity index (χ0n) is 16.4. The van der Waals surface area contributed by atoms with Crippen molar-refractivity contribution < 1.29 is 26.6 Å². The molecule has 27 heavy (non-hydrogen) atoms. The highest BCUT2D eigenvalue weighted by molar-refractivity contribution is 5.97. The van der Waals surface area contributed by atoms with Crippen LogP contribution in [0.4, 0.5) is 11.4 Å². The highest BCUT2D eigenvalue weighted by Crippen LogP contribution is 2.39. The van der Waals surface area contributed by atoms with Gasteiger partial charge in [-0.1, -0.05) is 6.42 Å². The Balaban J connectivity index is 0.00000261. The van der Waals surface area contributed by atoms with Gasteiger partial charge in [-0.3, -0.25) is 4.99 Å². The van der Waals surface area contributed by atoms with Crippen LogP contribution < -0.4 is 32.1 Å². The minimum Gasteiger partial charge on any atom is -1.00 e. The second-order valence-electron chi connectivity index (χ2n) is 6.55. The van der Waals surface area contributed by atoms with Crippen molar-refractivity contribution in [3.05, 3.63) is 12.1 Å². The molecule has 1 fully saturated rings. The van der Waals surface area contributed by atoms with E-state index in [1.165, 1.54) is 19.3 Å². The van der Waals surface area contributed by atoms with Gasteiger partial charge in [0.25, 0.3) is 0 Å². The summed E-state index contributed by atoms with van der Waals surface area (Å²) in [6, 6.07) is 4.16. The Morgan fingerprint density at radius 2 is 1.78 bits per heavy atom. The maximum Gasteiger partial charge on any atom is 0.145 e. The van der Waals surface area contributed by atoms with Crippen LogP contribution >= 0.6 is 0 Å². The summed E-state index contributed by atoms with van der Waals surface area (Å²) in [5, 5.41) is 3.51. The molecule has 2 heterocycles. The number of nitrogens with one attached hydrogen (secondary N) is 1. The van der Waals surface area contributed by atoms with Crippen molar-refractivity contribution in [3.63, 3.8) is 0 Å². The van der Waals surface area contributed by atoms with Gasteiger partial charge in [0.05, 0.1) is 37.8 Å². The summed E-state index contributed by atoms with van der Waals surface area (Å²) in [5.74, 6) is 2.78. The molecule has 1 saturated heterocycles. The summed E-state index contributed by atoms with van der Waals surface area (Å²) in [6.45, 7) is 9.40. The fourth-order valence-electron chi connectivity index (χ4n) is 3.38. The summed E-state index contributed by atoms with van der Waals surface area (Å²) in [4.78, 5) is 7.00. The molecule has 152 valence electrons. The van der Waals surface area contributed by atoms with Crippen molar-refractivity contribution in [1.29, 1.82) is 0 Å². The highest BCUT2D eigenvalue weighted by Gasteiger charge is 2.20. The lowest BCUT2D eigenvalue weighted by molar-refractivity contribution is -0.00000726. The molecular weight excluding hydrogens is 366 g/mol. The van der Waals surface area contributed by atoms with E-state index in [1.807, 2.05) is 13.8 Å². The summed E-state index contributed by atoms with van der Waals surface area (Å²) in [7, 11) is 0. The molecule has 1 aromatic rings. The Morgan fingerprint density at radius 1 is 1.04 bits per heavy atom. The Kier molecular flexibility index (Phi) is 9.01. The first-order valence-corrected chi connectivity index (χ1v) is 9.88. The number of hydrogen-bond acceptors (Lipinski definition) is 6. The van der Waals surface area contributed by atoms with Crippen molar-refractivity contribution in [3.8, 4) is 11.5 Å². The topological polar surface area (TPSA) is 55.3 Å². The van der Waals surface area contributed by atoms with Crippen molar-refractivity contribution in [2.75, 3.05) is 56.3 Å². The SMILES string of the molecule is CCOc1cc(N2CCOCC2)c(OCC)cc1NC1=NCCCCC1.[Cl-]. The summed E-state index contributed by atoms with van der Waals surface area (Å²) in [6.07, 6.45) is 4.58. The molecule has 0 bridgehead atoms. The van der Waals surface area contributed by atoms with E-state index in [0.717, 1.165) is 68.0 Å².